The summed E-state index contributed by atoms with van der Waals surface area (Å²) < 4.78 is 35.6. The van der Waals surface area contributed by atoms with E-state index in [0.29, 0.717) is 80.3 Å². The molecule has 8 aromatic rings. The minimum absolute atomic E-state index is 0. The lowest BCUT2D eigenvalue weighted by Crippen LogP contribution is -2.33. The smallest absolute Gasteiger partial charge is 0.373 e. The molecule has 1 unspecified atom stereocenters. The number of terminal acetylenes is 1. The number of aliphatic hydroxyl groups excluding tert-OH is 3. The van der Waals surface area contributed by atoms with Gasteiger partial charge in [-0.15, -0.1) is 25.5 Å². The first-order valence-electron chi connectivity index (χ1n) is 47.5. The van der Waals surface area contributed by atoms with Crippen molar-refractivity contribution in [2.75, 3.05) is 13.2 Å². The summed E-state index contributed by atoms with van der Waals surface area (Å²) in [6.45, 7) is 62.1. The van der Waals surface area contributed by atoms with Gasteiger partial charge in [-0.3, -0.25) is 29.8 Å². The first-order chi connectivity index (χ1) is 65.6. The predicted octanol–water partition coefficient (Wildman–Crippen LogP) is 24.6. The molecule has 8 atom stereocenters. The molecule has 756 valence electrons. The molecule has 14 rings (SSSR count). The molecule has 1 fully saturated rings. The van der Waals surface area contributed by atoms with E-state index in [-0.39, 0.29) is 124 Å². The predicted molar refractivity (Wildman–Crippen MR) is 557 cm³/mol. The van der Waals surface area contributed by atoms with E-state index in [1.807, 2.05) is 235 Å². The lowest BCUT2D eigenvalue weighted by molar-refractivity contribution is -0.193. The van der Waals surface area contributed by atoms with Crippen molar-refractivity contribution < 1.29 is 86.9 Å². The highest BCUT2D eigenvalue weighted by atomic mass is 16.6. The van der Waals surface area contributed by atoms with Gasteiger partial charge in [0, 0.05) is 35.0 Å². The van der Waals surface area contributed by atoms with Gasteiger partial charge in [-0.05, 0) is 199 Å². The molecule has 0 saturated carbocycles. The number of fused-ring (bicyclic) bond motifs is 7. The van der Waals surface area contributed by atoms with Crippen molar-refractivity contribution in [3.05, 3.63) is 343 Å². The summed E-state index contributed by atoms with van der Waals surface area (Å²) in [4.78, 5) is 91.5. The van der Waals surface area contributed by atoms with Gasteiger partial charge in [-0.2, -0.15) is 19.2 Å². The van der Waals surface area contributed by atoms with Crippen LogP contribution in [0.15, 0.2) is 232 Å². The monoisotopic (exact) mass is 1920 g/mol. The minimum atomic E-state index is -0.696. The van der Waals surface area contributed by atoms with Gasteiger partial charge < -0.3 is 48.5 Å². The average Bonchev–Trinajstić information content (AvgIpc) is 1.57. The maximum absolute atomic E-state index is 12.4. The molecule has 8 aromatic carbocycles. The van der Waals surface area contributed by atoms with Crippen molar-refractivity contribution >= 4 is 42.2 Å². The number of ether oxygens (including phenoxy) is 6. The third-order valence-electron chi connectivity index (χ3n) is 25.5. The first-order valence-corrected chi connectivity index (χ1v) is 47.5. The number of benzene rings is 8. The second-order valence-electron chi connectivity index (χ2n) is 40.4. The number of hydrogen-bond acceptors (Lipinski definition) is 18. The van der Waals surface area contributed by atoms with Crippen LogP contribution in [0, 0.1) is 90.8 Å². The second kappa shape index (κ2) is 58.6. The average molecular weight is 1920 g/mol. The molecule has 5 N–H and O–H groups in total. The SMILES string of the molecule is C.C#CCC(C)(C)[C@H](C=CC)OCc1ccccc1.C=CC.C=CC.CC=C[C@H](OCc1ccccc1)C(C)(C)CC=O.CC=C[C@H](OCc1ccccc1)C(C)(C)CO.C[C@H]1C(O)OCC1(C)C.Cc1cc2c(c(C)c1C)[C@H](OCc1ccccc1)C(C)(C)C2.Cc1cc2c(c3c1C(=O)NC3=O)[C@H](O)C(C)(C)C2.Cc1cc2c(c3c1C(=O)NC3=O)[C@H](OCc1ccccc1)C(C)(C)C2.O=C=O.O=C=O. The van der Waals surface area contributed by atoms with Crippen LogP contribution >= 0.6 is 0 Å². The fourth-order valence-corrected chi connectivity index (χ4v) is 17.2. The van der Waals surface area contributed by atoms with E-state index >= 15 is 0 Å². The highest BCUT2D eigenvalue weighted by Gasteiger charge is 2.48. The van der Waals surface area contributed by atoms with E-state index in [1.165, 1.54) is 38.9 Å². The molecule has 4 amide bonds. The largest absolute Gasteiger partial charge is 0.396 e. The number of aldehydes is 1. The number of carbonyl (C=O) groups excluding carboxylic acids is 9. The summed E-state index contributed by atoms with van der Waals surface area (Å²) in [5.74, 6) is 1.66. The third-order valence-corrected chi connectivity index (χ3v) is 25.5. The number of allylic oxidation sites excluding steroid dienone is 5. The summed E-state index contributed by atoms with van der Waals surface area (Å²) in [6.07, 6.45) is 25.0. The third kappa shape index (κ3) is 35.6. The van der Waals surface area contributed by atoms with Gasteiger partial charge in [0.05, 0.1) is 105 Å². The molecule has 0 aromatic heterocycles. The topological polar surface area (TPSA) is 294 Å². The Morgan fingerprint density at radius 1 is 0.457 bits per heavy atom. The Morgan fingerprint density at radius 3 is 1.07 bits per heavy atom. The lowest BCUT2D eigenvalue weighted by atomic mass is 9.83. The van der Waals surface area contributed by atoms with Crippen LogP contribution in [0.1, 0.15) is 308 Å². The van der Waals surface area contributed by atoms with Gasteiger partial charge in [-0.25, -0.2) is 0 Å². The number of rotatable bonds is 25. The number of aryl methyl sites for hydroxylation is 3. The highest BCUT2D eigenvalue weighted by molar-refractivity contribution is 6.24. The molecule has 3 heterocycles. The Bertz CT molecular complexity index is 5450. The molecule has 20 heteroatoms. The van der Waals surface area contributed by atoms with Crippen LogP contribution in [0.2, 0.25) is 0 Å². The fraction of sp³-hybridized carbons (Fsp3) is 0.442. The van der Waals surface area contributed by atoms with Gasteiger partial charge in [0.25, 0.3) is 23.6 Å². The number of aliphatic hydroxyl groups is 3. The molecule has 3 aliphatic carbocycles. The summed E-state index contributed by atoms with van der Waals surface area (Å²) in [6, 6.07) is 57.1. The Kier molecular flexibility index (Phi) is 51.3. The van der Waals surface area contributed by atoms with Gasteiger partial charge in [0.2, 0.25) is 0 Å². The van der Waals surface area contributed by atoms with Gasteiger partial charge in [-0.1, -0.05) is 330 Å². The van der Waals surface area contributed by atoms with Crippen molar-refractivity contribution in [1.82, 2.24) is 10.6 Å². The molecule has 3 aliphatic heterocycles. The highest BCUT2D eigenvalue weighted by Crippen LogP contribution is 2.53. The molecule has 1 saturated heterocycles. The molecule has 20 nitrogen and oxygen atoms in total. The zero-order valence-corrected chi connectivity index (χ0v) is 86.9. The molecule has 140 heavy (non-hydrogen) atoms. The Balaban J connectivity index is 0.000000416. The van der Waals surface area contributed by atoms with E-state index in [2.05, 4.69) is 174 Å². The maximum Gasteiger partial charge on any atom is 0.373 e. The second-order valence-corrected chi connectivity index (χ2v) is 40.4. The standard InChI is InChI=1S/C21H21NO3.C21H26O.C17H22O.C16H22O2.C15H22O2.C14H15NO3.C7H14O2.2C3H6.2CO2.CH4/c1-12-9-14-10-21(2,3)18(25-11-13-7-5-4-6-8-13)16(14)17-15(12)19(23)22-20(17)24;1-14-11-18-12-21(4,5)20(19(18)16(3)15(14)2)22-13-17-9-7-6-8-10-17;1-5-10-16(17(3,4)13-6-2)18-14-15-11-8-7-9-12-15;1-4-8-15(16(2,3)11-12-17)18-13-14-9-6-5-7-10-14;1-4-8-14(15(2,3)12-16)17-11-13-9-6-5-7-10-13;1-6-4-7-5-14(2,3)11(16)9(7)10-8(6)12(17)15-13(10)18;1-5-6(8)9-4-7(5,2)3;2*1-3-2;2*2-1-3;/h4-9,18H,10-11H2,1-3H3,(H,22,23,24);6-11,20H,12-13H2,1-5H3;2,5,7-12,16H,13-14H2,1,3-4H3;4-10,12,15H,11,13H2,1-3H3;4-10,14,16H,11-12H2,1-3H3;4,11,16H,5H2,1-3H3,(H,15,17,18);5-6,8H,4H2,1-3H3;2*3H,1H2,2H3;;;1H4/t18-;20-;16-;15-;14-;11-;5-,6?;;;;;/m0000000...../s1. The summed E-state index contributed by atoms with van der Waals surface area (Å²) in [5.41, 5.74) is 19.5. The zero-order valence-electron chi connectivity index (χ0n) is 86.9. The number of nitrogens with one attached hydrogen (secondary N) is 2. The molecule has 6 aliphatic rings. The molecular formula is C120H158N2O18. The summed E-state index contributed by atoms with van der Waals surface area (Å²) in [7, 11) is 0. The van der Waals surface area contributed by atoms with Crippen molar-refractivity contribution in [2.45, 2.75) is 289 Å². The van der Waals surface area contributed by atoms with E-state index in [1.54, 1.807) is 12.2 Å². The number of hydrogen-bond donors (Lipinski definition) is 5. The van der Waals surface area contributed by atoms with E-state index in [4.69, 9.17) is 59.1 Å². The van der Waals surface area contributed by atoms with Crippen LogP contribution in [-0.2, 0) is 105 Å². The van der Waals surface area contributed by atoms with Gasteiger partial charge in [0.1, 0.15) is 6.29 Å². The Morgan fingerprint density at radius 2 is 0.757 bits per heavy atom. The normalized spacial score (nSPS) is 17.9. The van der Waals surface area contributed by atoms with Crippen LogP contribution in [0.4, 0.5) is 0 Å². The molecule has 0 bridgehead atoms. The number of imide groups is 2. The first kappa shape index (κ1) is 123. The quantitative estimate of drug-likeness (QED) is 0.0154. The van der Waals surface area contributed by atoms with Crippen LogP contribution < -0.4 is 10.6 Å². The van der Waals surface area contributed by atoms with Crippen molar-refractivity contribution in [3.63, 3.8) is 0 Å². The van der Waals surface area contributed by atoms with Crippen molar-refractivity contribution in [3.8, 4) is 12.3 Å². The van der Waals surface area contributed by atoms with Gasteiger partial charge in [0.15, 0.2) is 6.29 Å². The number of carbonyl (C=O) groups is 5. The van der Waals surface area contributed by atoms with E-state index in [9.17, 15) is 34.2 Å². The Labute approximate surface area is 835 Å². The van der Waals surface area contributed by atoms with Crippen molar-refractivity contribution in [2.24, 2.45) is 43.8 Å². The van der Waals surface area contributed by atoms with Gasteiger partial charge >= 0.3 is 12.3 Å². The molecule has 0 radical (unpaired) electrons. The lowest BCUT2D eigenvalue weighted by Gasteiger charge is -2.30. The fourth-order valence-electron chi connectivity index (χ4n) is 17.2. The summed E-state index contributed by atoms with van der Waals surface area (Å²) >= 11 is 0. The van der Waals surface area contributed by atoms with Crippen LogP contribution in [0.3, 0.4) is 0 Å². The molecular weight excluding hydrogens is 1760 g/mol. The van der Waals surface area contributed by atoms with Crippen LogP contribution in [0.5, 0.6) is 0 Å². The Hall–Kier alpha value is -11.6. The maximum atomic E-state index is 12.4. The van der Waals surface area contributed by atoms with E-state index < -0.39 is 12.4 Å². The van der Waals surface area contributed by atoms with E-state index in [0.717, 1.165) is 70.1 Å². The van der Waals surface area contributed by atoms with Crippen LogP contribution in [-0.4, -0.2) is 95.4 Å². The molecule has 0 spiro atoms. The summed E-state index contributed by atoms with van der Waals surface area (Å²) in [5, 5.41) is 33.6. The number of amides is 4. The zero-order chi connectivity index (χ0) is 104. The minimum Gasteiger partial charge on any atom is -0.396 e. The van der Waals surface area contributed by atoms with Crippen molar-refractivity contribution in [1.29, 1.82) is 0 Å². The van der Waals surface area contributed by atoms with Crippen LogP contribution in [0.25, 0.3) is 0 Å².